The molecular weight excluding hydrogens is 639 g/mol. The van der Waals surface area contributed by atoms with Crippen LogP contribution in [0.2, 0.25) is 0 Å². The smallest absolute Gasteiger partial charge is 0.309 e. The van der Waals surface area contributed by atoms with Crippen LogP contribution in [0.3, 0.4) is 0 Å². The van der Waals surface area contributed by atoms with Gasteiger partial charge < -0.3 is 20.4 Å². The molecule has 0 bridgehead atoms. The highest BCUT2D eigenvalue weighted by Gasteiger charge is 2.62. The maximum absolute atomic E-state index is 12.4. The second-order valence-corrected chi connectivity index (χ2v) is 19.6. The molecular formula is C43H69N3O3S. The van der Waals surface area contributed by atoms with Crippen molar-refractivity contribution in [2.24, 2.45) is 46.3 Å². The number of nitrogens with one attached hydrogen (secondary N) is 2. The van der Waals surface area contributed by atoms with Crippen molar-refractivity contribution in [1.29, 1.82) is 5.41 Å². The van der Waals surface area contributed by atoms with Gasteiger partial charge in [-0.1, -0.05) is 58.8 Å². The lowest BCUT2D eigenvalue weighted by atomic mass is 9.40. The lowest BCUT2D eigenvalue weighted by molar-refractivity contribution is -0.148. The average Bonchev–Trinajstić information content (AvgIpc) is 3.40. The van der Waals surface area contributed by atoms with Crippen LogP contribution in [-0.2, 0) is 20.3 Å². The second-order valence-electron chi connectivity index (χ2n) is 17.9. The highest BCUT2D eigenvalue weighted by Crippen LogP contribution is 2.69. The molecule has 1 heterocycles. The van der Waals surface area contributed by atoms with Gasteiger partial charge in [-0.05, 0) is 135 Å². The molecule has 0 aromatic rings. The Morgan fingerprint density at radius 3 is 2.54 bits per heavy atom. The molecule has 8 unspecified atom stereocenters. The number of carbonyl (C=O) groups excluding carboxylic acids is 1. The monoisotopic (exact) mass is 708 g/mol. The van der Waals surface area contributed by atoms with Crippen LogP contribution in [0.4, 0.5) is 0 Å². The predicted octanol–water partition coefficient (Wildman–Crippen LogP) is 8.65. The van der Waals surface area contributed by atoms with E-state index in [0.717, 1.165) is 87.8 Å². The van der Waals surface area contributed by atoms with Crippen molar-refractivity contribution in [2.75, 3.05) is 44.3 Å². The van der Waals surface area contributed by atoms with Crippen LogP contribution in [0.15, 0.2) is 34.4 Å². The number of carbonyl (C=O) groups is 1. The van der Waals surface area contributed by atoms with Crippen molar-refractivity contribution in [1.82, 2.24) is 10.2 Å². The summed E-state index contributed by atoms with van der Waals surface area (Å²) in [6.07, 6.45) is 18.5. The van der Waals surface area contributed by atoms with E-state index in [-0.39, 0.29) is 22.8 Å². The summed E-state index contributed by atoms with van der Waals surface area (Å²) in [6.45, 7) is 21.0. The Bertz CT molecular complexity index is 1410. The first-order valence-electron chi connectivity index (χ1n) is 20.5. The first kappa shape index (κ1) is 38.2. The van der Waals surface area contributed by atoms with E-state index in [9.17, 15) is 14.4 Å². The maximum atomic E-state index is 12.4. The molecule has 5 aliphatic carbocycles. The van der Waals surface area contributed by atoms with Gasteiger partial charge in [-0.15, -0.1) is 0 Å². The molecule has 4 fully saturated rings. The average molecular weight is 708 g/mol. The first-order chi connectivity index (χ1) is 23.9. The minimum absolute atomic E-state index is 0.0183. The van der Waals surface area contributed by atoms with E-state index in [0.29, 0.717) is 35.7 Å². The van der Waals surface area contributed by atoms with Crippen molar-refractivity contribution in [3.05, 3.63) is 34.4 Å². The molecule has 8 atom stereocenters. The summed E-state index contributed by atoms with van der Waals surface area (Å²) in [4.78, 5) is 14.8. The van der Waals surface area contributed by atoms with Crippen molar-refractivity contribution in [2.45, 2.75) is 131 Å². The number of allylic oxidation sites excluding steroid dienone is 5. The van der Waals surface area contributed by atoms with E-state index in [1.807, 2.05) is 6.92 Å². The SMILES string of the molecule is CCOC(=O)C1CC=C(/C(C)=C/CC2(C)C(CC)CCC3(C)C4CCC5(NCCN6CCS(=O)CC6)CC(=N)C(C(C)C)=C5C4CCC23)CC1. The van der Waals surface area contributed by atoms with Gasteiger partial charge in [0.1, 0.15) is 0 Å². The molecule has 3 saturated carbocycles. The molecule has 6 rings (SSSR count). The summed E-state index contributed by atoms with van der Waals surface area (Å²) in [5.41, 5.74) is 7.33. The van der Waals surface area contributed by atoms with E-state index >= 15 is 0 Å². The Balaban J connectivity index is 1.22. The molecule has 0 aromatic carbocycles. The molecule has 1 saturated heterocycles. The van der Waals surface area contributed by atoms with Gasteiger partial charge in [-0.3, -0.25) is 9.00 Å². The topological polar surface area (TPSA) is 82.5 Å². The zero-order valence-electron chi connectivity index (χ0n) is 32.6. The summed E-state index contributed by atoms with van der Waals surface area (Å²) < 4.78 is 17.3. The minimum atomic E-state index is -0.638. The highest BCUT2D eigenvalue weighted by molar-refractivity contribution is 7.85. The number of rotatable bonds is 11. The highest BCUT2D eigenvalue weighted by atomic mass is 32.2. The number of hydrogen-bond acceptors (Lipinski definition) is 6. The standard InChI is InChI=1S/C43H69N3O3S/c1-8-33-17-20-42(7)35-18-21-43(45-22-23-46-24-26-50(48)27-25-46)28-36(44)38(29(3)4)39(43)34(35)14-15-37(42)41(33,6)19-16-30(5)31-10-12-32(13-11-31)40(47)49-9-2/h10,16,29,32-35,37,44-45H,8-9,11-15,17-28H2,1-7H3/b30-16+,44-36?. The van der Waals surface area contributed by atoms with Gasteiger partial charge in [0.05, 0.1) is 12.5 Å². The van der Waals surface area contributed by atoms with Crippen LogP contribution in [-0.4, -0.2) is 70.6 Å². The minimum Gasteiger partial charge on any atom is -0.466 e. The van der Waals surface area contributed by atoms with Crippen LogP contribution in [0.5, 0.6) is 0 Å². The van der Waals surface area contributed by atoms with Gasteiger partial charge in [-0.25, -0.2) is 0 Å². The molecule has 0 radical (unpaired) electrons. The quantitative estimate of drug-likeness (QED) is 0.210. The molecule has 0 amide bonds. The van der Waals surface area contributed by atoms with Crippen LogP contribution in [0.25, 0.3) is 0 Å². The third-order valence-electron chi connectivity index (χ3n) is 15.1. The second kappa shape index (κ2) is 15.4. The Kier molecular flexibility index (Phi) is 11.8. The molecule has 50 heavy (non-hydrogen) atoms. The zero-order chi connectivity index (χ0) is 35.8. The Morgan fingerprint density at radius 1 is 1.12 bits per heavy atom. The summed E-state index contributed by atoms with van der Waals surface area (Å²) in [7, 11) is -0.638. The third kappa shape index (κ3) is 7.07. The molecule has 2 N–H and O–H groups in total. The largest absolute Gasteiger partial charge is 0.466 e. The van der Waals surface area contributed by atoms with Gasteiger partial charge in [-0.2, -0.15) is 0 Å². The third-order valence-corrected chi connectivity index (χ3v) is 16.4. The van der Waals surface area contributed by atoms with Crippen molar-refractivity contribution in [3.8, 4) is 0 Å². The molecule has 6 aliphatic rings. The Morgan fingerprint density at radius 2 is 1.88 bits per heavy atom. The van der Waals surface area contributed by atoms with E-state index in [4.69, 9.17) is 4.74 Å². The Labute approximate surface area is 307 Å². The fourth-order valence-corrected chi connectivity index (χ4v) is 13.6. The zero-order valence-corrected chi connectivity index (χ0v) is 33.5. The van der Waals surface area contributed by atoms with Crippen molar-refractivity contribution >= 4 is 22.5 Å². The van der Waals surface area contributed by atoms with E-state index in [1.54, 1.807) is 5.57 Å². The summed E-state index contributed by atoms with van der Waals surface area (Å²) in [5, 5.41) is 13.5. The summed E-state index contributed by atoms with van der Waals surface area (Å²) in [6, 6.07) is 0. The fraction of sp³-hybridized carbons (Fsp3) is 0.814. The number of nitrogens with zero attached hydrogens (tertiary/aromatic N) is 1. The fourth-order valence-electron chi connectivity index (χ4n) is 12.5. The number of fused-ring (bicyclic) bond motifs is 5. The normalized spacial score (nSPS) is 38.5. The van der Waals surface area contributed by atoms with Gasteiger partial charge >= 0.3 is 5.97 Å². The van der Waals surface area contributed by atoms with Gasteiger partial charge in [0.15, 0.2) is 0 Å². The Hall–Kier alpha value is -1.57. The van der Waals surface area contributed by atoms with E-state index < -0.39 is 10.8 Å². The van der Waals surface area contributed by atoms with Crippen LogP contribution >= 0.6 is 0 Å². The number of ether oxygens (including phenoxy) is 1. The molecule has 0 aromatic heterocycles. The van der Waals surface area contributed by atoms with Crippen LogP contribution in [0.1, 0.15) is 126 Å². The maximum Gasteiger partial charge on any atom is 0.309 e. The first-order valence-corrected chi connectivity index (χ1v) is 22.0. The lowest BCUT2D eigenvalue weighted by Gasteiger charge is -2.65. The number of esters is 1. The van der Waals surface area contributed by atoms with Crippen molar-refractivity contribution < 1.29 is 13.7 Å². The molecule has 7 heteroatoms. The van der Waals surface area contributed by atoms with Gasteiger partial charge in [0.2, 0.25) is 0 Å². The molecule has 6 nitrogen and oxygen atoms in total. The van der Waals surface area contributed by atoms with E-state index in [2.05, 4.69) is 63.9 Å². The van der Waals surface area contributed by atoms with Gasteiger partial charge in [0.25, 0.3) is 0 Å². The summed E-state index contributed by atoms with van der Waals surface area (Å²) >= 11 is 0. The lowest BCUT2D eigenvalue weighted by Crippen LogP contribution is -2.60. The molecule has 280 valence electrons. The molecule has 0 spiro atoms. The predicted molar refractivity (Wildman–Crippen MR) is 208 cm³/mol. The molecule has 1 aliphatic heterocycles. The van der Waals surface area contributed by atoms with E-state index in [1.165, 1.54) is 55.2 Å². The summed E-state index contributed by atoms with van der Waals surface area (Å²) in [5.74, 6) is 4.72. The number of hydrogen-bond donors (Lipinski definition) is 2. The van der Waals surface area contributed by atoms with Crippen LogP contribution in [0, 0.1) is 51.7 Å². The van der Waals surface area contributed by atoms with Crippen LogP contribution < -0.4 is 5.32 Å². The van der Waals surface area contributed by atoms with Crippen molar-refractivity contribution in [3.63, 3.8) is 0 Å². The van der Waals surface area contributed by atoms with Gasteiger partial charge in [0, 0.05) is 66.2 Å².